The minimum atomic E-state index is -1.87. The van der Waals surface area contributed by atoms with Crippen molar-refractivity contribution in [1.82, 2.24) is 53.2 Å². The number of nitrogens with one attached hydrogen (secondary N) is 10. The number of hydrogen-bond donors (Lipinski definition) is 19. The molecule has 34 heteroatoms. The highest BCUT2D eigenvalue weighted by molar-refractivity contribution is 6.00. The lowest BCUT2D eigenvalue weighted by atomic mass is 10.00. The van der Waals surface area contributed by atoms with Crippen molar-refractivity contribution in [3.63, 3.8) is 0 Å². The quantitative estimate of drug-likeness (QED) is 0.0164. The molecule has 0 spiro atoms. The molecule has 0 radical (unpaired) electrons. The summed E-state index contributed by atoms with van der Waals surface area (Å²) in [5, 5.41) is 35.8. The van der Waals surface area contributed by atoms with Crippen LogP contribution in [0.4, 0.5) is 0 Å². The lowest BCUT2D eigenvalue weighted by Crippen LogP contribution is -2.62. The summed E-state index contributed by atoms with van der Waals surface area (Å²) in [6, 6.07) is -6.09. The zero-order chi connectivity index (χ0) is 67.7. The van der Waals surface area contributed by atoms with Crippen LogP contribution < -0.4 is 99.0 Å². The van der Waals surface area contributed by atoms with Crippen LogP contribution in [0.3, 0.4) is 0 Å². The summed E-state index contributed by atoms with van der Waals surface area (Å²) in [5.41, 5.74) is 44.7. The van der Waals surface area contributed by atoms with Crippen molar-refractivity contribution in [2.45, 2.75) is 186 Å². The SMILES string of the molecule is CC(=O)NC(Cc1ccccc1)C(=O)NC(C(=O)NC(C(=O)NC(CCCN=C(N)N)C(=O)NC(CCCCN)C(=O)NC(CC(N)=O)C(=O)NC(CCCN=C(N)N)C(=O)NC(CCC(N)=O)C(=O)NC(C(=O)NC(C)C(N)=O)C(C)C)C(C)O)C(C)C. The van der Waals surface area contributed by atoms with Crippen molar-refractivity contribution in [1.29, 1.82) is 0 Å². The molecular formula is C55H94N20O14. The predicted octanol–water partition coefficient (Wildman–Crippen LogP) is -7.33. The van der Waals surface area contributed by atoms with Gasteiger partial charge in [0, 0.05) is 32.9 Å². The number of primary amides is 3. The topological polar surface area (TPSA) is 595 Å². The van der Waals surface area contributed by atoms with Crippen LogP contribution in [-0.4, -0.2) is 180 Å². The molecule has 0 aliphatic heterocycles. The Hall–Kier alpha value is -9.21. The van der Waals surface area contributed by atoms with Crippen LogP contribution in [0.25, 0.3) is 0 Å². The summed E-state index contributed by atoms with van der Waals surface area (Å²) < 4.78 is 0. The molecule has 1 rings (SSSR count). The first-order chi connectivity index (χ1) is 41.7. The first-order valence-electron chi connectivity index (χ1n) is 29.1. The molecule has 0 saturated heterocycles. The van der Waals surface area contributed by atoms with Gasteiger partial charge in [0.25, 0.3) is 0 Å². The zero-order valence-corrected chi connectivity index (χ0v) is 51.6. The van der Waals surface area contributed by atoms with Gasteiger partial charge in [-0.05, 0) is 89.2 Å². The van der Waals surface area contributed by atoms with Gasteiger partial charge in [-0.25, -0.2) is 0 Å². The molecule has 498 valence electrons. The van der Waals surface area contributed by atoms with E-state index in [2.05, 4.69) is 63.2 Å². The molecule has 89 heavy (non-hydrogen) atoms. The highest BCUT2D eigenvalue weighted by Gasteiger charge is 2.38. The molecule has 11 atom stereocenters. The fraction of sp³-hybridized carbons (Fsp3) is 0.618. The average molecular weight is 1260 g/mol. The molecule has 0 aromatic heterocycles. The number of rotatable bonds is 42. The molecule has 0 fully saturated rings. The Morgan fingerprint density at radius 2 is 0.820 bits per heavy atom. The molecule has 1 aromatic carbocycles. The number of nitrogens with zero attached hydrogens (tertiary/aromatic N) is 2. The van der Waals surface area contributed by atoms with Crippen molar-refractivity contribution in [3.05, 3.63) is 35.9 Å². The van der Waals surface area contributed by atoms with Gasteiger partial charge in [0.2, 0.25) is 76.8 Å². The van der Waals surface area contributed by atoms with Crippen LogP contribution in [0.5, 0.6) is 0 Å². The van der Waals surface area contributed by atoms with Gasteiger partial charge >= 0.3 is 0 Å². The Bertz CT molecular complexity index is 2630. The van der Waals surface area contributed by atoms with E-state index in [9.17, 15) is 67.4 Å². The third-order valence-electron chi connectivity index (χ3n) is 13.4. The number of carbonyl (C=O) groups is 13. The fourth-order valence-electron chi connectivity index (χ4n) is 8.53. The summed E-state index contributed by atoms with van der Waals surface area (Å²) in [6.45, 7) is 10.1. The van der Waals surface area contributed by atoms with Gasteiger partial charge in [-0.1, -0.05) is 58.0 Å². The van der Waals surface area contributed by atoms with Crippen LogP contribution >= 0.6 is 0 Å². The average Bonchev–Trinajstić information content (AvgIpc) is 2.86. The van der Waals surface area contributed by atoms with Gasteiger partial charge < -0.3 is 104 Å². The number of aliphatic hydroxyl groups is 1. The van der Waals surface area contributed by atoms with Gasteiger partial charge in [-0.2, -0.15) is 0 Å². The number of hydrogen-bond acceptors (Lipinski definition) is 17. The number of nitrogens with two attached hydrogens (primary N) is 8. The summed E-state index contributed by atoms with van der Waals surface area (Å²) in [6.07, 6.45) is -3.47. The lowest BCUT2D eigenvalue weighted by Gasteiger charge is -2.29. The van der Waals surface area contributed by atoms with Crippen molar-refractivity contribution in [2.24, 2.45) is 67.7 Å². The van der Waals surface area contributed by atoms with E-state index in [1.807, 2.05) is 0 Å². The van der Waals surface area contributed by atoms with Crippen LogP contribution in [0.1, 0.15) is 118 Å². The third kappa shape index (κ3) is 30.8. The minimum Gasteiger partial charge on any atom is -0.391 e. The molecule has 0 bridgehead atoms. The van der Waals surface area contributed by atoms with E-state index in [1.165, 1.54) is 20.8 Å². The maximum Gasteiger partial charge on any atom is 0.245 e. The Balaban J connectivity index is 3.69. The summed E-state index contributed by atoms with van der Waals surface area (Å²) in [7, 11) is 0. The highest BCUT2D eigenvalue weighted by Crippen LogP contribution is 2.12. The smallest absolute Gasteiger partial charge is 0.245 e. The summed E-state index contributed by atoms with van der Waals surface area (Å²) in [4.78, 5) is 182. The van der Waals surface area contributed by atoms with E-state index >= 15 is 0 Å². The van der Waals surface area contributed by atoms with Gasteiger partial charge in [-0.3, -0.25) is 72.3 Å². The molecule has 0 saturated carbocycles. The monoisotopic (exact) mass is 1260 g/mol. The molecule has 34 nitrogen and oxygen atoms in total. The lowest BCUT2D eigenvalue weighted by molar-refractivity contribution is -0.137. The molecule has 27 N–H and O–H groups in total. The van der Waals surface area contributed by atoms with E-state index < -0.39 is 174 Å². The summed E-state index contributed by atoms with van der Waals surface area (Å²) >= 11 is 0. The Labute approximate surface area is 516 Å². The number of aliphatic imine (C=N–C) groups is 2. The molecule has 11 unspecified atom stereocenters. The maximum atomic E-state index is 14.4. The first kappa shape index (κ1) is 77.8. The highest BCUT2D eigenvalue weighted by atomic mass is 16.3. The predicted molar refractivity (Wildman–Crippen MR) is 326 cm³/mol. The van der Waals surface area contributed by atoms with Crippen molar-refractivity contribution in [2.75, 3.05) is 19.6 Å². The molecule has 0 aliphatic rings. The van der Waals surface area contributed by atoms with E-state index in [4.69, 9.17) is 45.9 Å². The largest absolute Gasteiger partial charge is 0.391 e. The number of amides is 13. The van der Waals surface area contributed by atoms with Crippen molar-refractivity contribution >= 4 is 88.7 Å². The second kappa shape index (κ2) is 40.3. The second-order valence-corrected chi connectivity index (χ2v) is 21.9. The summed E-state index contributed by atoms with van der Waals surface area (Å²) in [5.74, 6) is -14.1. The number of carbonyl (C=O) groups excluding carboxylic acids is 13. The number of guanidine groups is 2. The molecular weight excluding hydrogens is 1160 g/mol. The van der Waals surface area contributed by atoms with Gasteiger partial charge in [0.15, 0.2) is 11.9 Å². The normalized spacial score (nSPS) is 14.7. The zero-order valence-electron chi connectivity index (χ0n) is 51.6. The molecule has 13 amide bonds. The van der Waals surface area contributed by atoms with Crippen molar-refractivity contribution < 1.29 is 67.4 Å². The van der Waals surface area contributed by atoms with Crippen LogP contribution in [0, 0.1) is 11.8 Å². The van der Waals surface area contributed by atoms with Crippen LogP contribution in [0.2, 0.25) is 0 Å². The molecule has 0 aliphatic carbocycles. The van der Waals surface area contributed by atoms with E-state index in [1.54, 1.807) is 58.0 Å². The van der Waals surface area contributed by atoms with Crippen molar-refractivity contribution in [3.8, 4) is 0 Å². The van der Waals surface area contributed by atoms with E-state index in [0.717, 1.165) is 0 Å². The molecule has 0 heterocycles. The Kier molecular flexibility index (Phi) is 35.2. The fourth-order valence-corrected chi connectivity index (χ4v) is 8.53. The van der Waals surface area contributed by atoms with E-state index in [0.29, 0.717) is 12.0 Å². The van der Waals surface area contributed by atoms with Gasteiger partial charge in [0.1, 0.15) is 60.4 Å². The number of benzene rings is 1. The molecule has 1 aromatic rings. The maximum absolute atomic E-state index is 14.4. The van der Waals surface area contributed by atoms with E-state index in [-0.39, 0.29) is 76.5 Å². The standard InChI is InChI=1S/C55H94N20O14/c1-27(2)41(51(87)66-29(5)44(59)80)73-48(84)36(20-21-39(57)78)70-45(81)34(18-13-23-64-54(60)61)69-49(85)38(26-40(58)79)72-47(83)33(17-11-12-22-56)68-46(82)35(19-14-24-65-55(62)63)71-53(89)43(30(6)76)75-52(88)42(28(3)4)74-50(86)37(67-31(7)77)25-32-15-9-8-10-16-32/h8-10,15-16,27-30,33-38,41-43,76H,11-14,17-26,56H2,1-7H3,(H2,57,78)(H2,58,79)(H2,59,80)(H,66,87)(H,67,77)(H,68,82)(H,69,85)(H,70,81)(H,71,89)(H,72,83)(H,73,84)(H,74,86)(H,75,88)(H4,60,61,64)(H4,62,63,65). The van der Waals surface area contributed by atoms with Gasteiger partial charge in [0.05, 0.1) is 12.5 Å². The number of aliphatic hydroxyl groups excluding tert-OH is 1. The first-order valence-corrected chi connectivity index (χ1v) is 29.1. The van der Waals surface area contributed by atoms with Crippen LogP contribution in [0.15, 0.2) is 40.3 Å². The van der Waals surface area contributed by atoms with Crippen LogP contribution in [-0.2, 0) is 68.7 Å². The Morgan fingerprint density at radius 1 is 0.438 bits per heavy atom. The minimum absolute atomic E-state index is 0.00805. The van der Waals surface area contributed by atoms with Gasteiger partial charge in [-0.15, -0.1) is 0 Å². The Morgan fingerprint density at radius 3 is 1.22 bits per heavy atom. The second-order valence-electron chi connectivity index (χ2n) is 21.9. The third-order valence-corrected chi connectivity index (χ3v) is 13.4. The number of unbranched alkanes of at least 4 members (excludes halogenated alkanes) is 1.